The van der Waals surface area contributed by atoms with Crippen molar-refractivity contribution in [3.63, 3.8) is 0 Å². The number of anilines is 1. The van der Waals surface area contributed by atoms with E-state index in [-0.39, 0.29) is 16.5 Å². The van der Waals surface area contributed by atoms with Crippen molar-refractivity contribution in [3.05, 3.63) is 47.8 Å². The number of amides is 1. The van der Waals surface area contributed by atoms with Crippen LogP contribution in [-0.2, 0) is 10.0 Å². The summed E-state index contributed by atoms with van der Waals surface area (Å²) in [7, 11) is -3.80. The zero-order valence-corrected chi connectivity index (χ0v) is 13.6. The molecule has 0 bridgehead atoms. The highest BCUT2D eigenvalue weighted by atomic mass is 32.2. The maximum Gasteiger partial charge on any atom is 0.270 e. The molecular formula is C16H16N4O3S. The summed E-state index contributed by atoms with van der Waals surface area (Å²) in [5.74, 6) is -0.188. The maximum absolute atomic E-state index is 12.4. The first-order valence-corrected chi connectivity index (χ1v) is 8.98. The molecule has 24 heavy (non-hydrogen) atoms. The highest BCUT2D eigenvalue weighted by Gasteiger charge is 2.23. The highest BCUT2D eigenvalue weighted by molar-refractivity contribution is 7.92. The number of nitrogens with one attached hydrogen (secondary N) is 2. The normalized spacial score (nSPS) is 14.4. The molecule has 0 atom stereocenters. The third-order valence-corrected chi connectivity index (χ3v) is 5.22. The van der Waals surface area contributed by atoms with Gasteiger partial charge < -0.3 is 9.88 Å². The van der Waals surface area contributed by atoms with Crippen molar-refractivity contribution in [2.45, 2.75) is 17.7 Å². The average Bonchev–Trinajstić information content (AvgIpc) is 3.26. The monoisotopic (exact) mass is 344 g/mol. The van der Waals surface area contributed by atoms with Gasteiger partial charge in [-0.2, -0.15) is 5.26 Å². The molecule has 1 fully saturated rings. The van der Waals surface area contributed by atoms with Gasteiger partial charge in [-0.15, -0.1) is 0 Å². The lowest BCUT2D eigenvalue weighted by atomic mass is 10.2. The van der Waals surface area contributed by atoms with Gasteiger partial charge in [-0.1, -0.05) is 0 Å². The van der Waals surface area contributed by atoms with Crippen LogP contribution >= 0.6 is 0 Å². The fourth-order valence-corrected chi connectivity index (χ4v) is 3.62. The molecule has 1 aliphatic heterocycles. The zero-order chi connectivity index (χ0) is 17.2. The standard InChI is InChI=1S/C16H16N4O3S/c17-10-12-3-5-13(6-4-12)19-24(22,23)14-9-15(18-11-14)16(21)20-7-1-2-8-20/h3-6,9,11,18-19H,1-2,7-8H2. The van der Waals surface area contributed by atoms with E-state index in [2.05, 4.69) is 9.71 Å². The third kappa shape index (κ3) is 3.26. The Morgan fingerprint density at radius 3 is 2.50 bits per heavy atom. The van der Waals surface area contributed by atoms with Crippen LogP contribution in [0.3, 0.4) is 0 Å². The molecular weight excluding hydrogens is 328 g/mol. The predicted molar refractivity (Wildman–Crippen MR) is 87.9 cm³/mol. The predicted octanol–water partition coefficient (Wildman–Crippen LogP) is 1.92. The van der Waals surface area contributed by atoms with Crippen molar-refractivity contribution in [1.29, 1.82) is 5.26 Å². The van der Waals surface area contributed by atoms with Gasteiger partial charge in [0, 0.05) is 25.0 Å². The Labute approximate surface area is 140 Å². The van der Waals surface area contributed by atoms with Crippen LogP contribution in [0, 0.1) is 11.3 Å². The molecule has 124 valence electrons. The molecule has 0 saturated carbocycles. The van der Waals surface area contributed by atoms with Crippen LogP contribution in [0.15, 0.2) is 41.4 Å². The Morgan fingerprint density at radius 1 is 1.21 bits per heavy atom. The van der Waals surface area contributed by atoms with Crippen LogP contribution in [-0.4, -0.2) is 37.3 Å². The van der Waals surface area contributed by atoms with Gasteiger partial charge in [-0.3, -0.25) is 9.52 Å². The first kappa shape index (κ1) is 16.1. The second-order valence-electron chi connectivity index (χ2n) is 5.54. The number of likely N-dealkylation sites (tertiary alicyclic amines) is 1. The summed E-state index contributed by atoms with van der Waals surface area (Å²) in [6.07, 6.45) is 3.24. The lowest BCUT2D eigenvalue weighted by Crippen LogP contribution is -2.27. The molecule has 0 unspecified atom stereocenters. The molecule has 1 aliphatic rings. The Balaban J connectivity index is 1.77. The summed E-state index contributed by atoms with van der Waals surface area (Å²) >= 11 is 0. The van der Waals surface area contributed by atoms with Crippen molar-refractivity contribution in [3.8, 4) is 6.07 Å². The van der Waals surface area contributed by atoms with Crippen LogP contribution in [0.2, 0.25) is 0 Å². The smallest absolute Gasteiger partial charge is 0.270 e. The summed E-state index contributed by atoms with van der Waals surface area (Å²) in [6.45, 7) is 1.40. The second kappa shape index (κ2) is 6.37. The van der Waals surface area contributed by atoms with E-state index in [1.54, 1.807) is 4.90 Å². The Kier molecular flexibility index (Phi) is 4.27. The van der Waals surface area contributed by atoms with Crippen LogP contribution < -0.4 is 4.72 Å². The Morgan fingerprint density at radius 2 is 1.88 bits per heavy atom. The summed E-state index contributed by atoms with van der Waals surface area (Å²) < 4.78 is 27.2. The number of carbonyl (C=O) groups excluding carboxylic acids is 1. The van der Waals surface area contributed by atoms with Gasteiger partial charge in [0.15, 0.2) is 0 Å². The lowest BCUT2D eigenvalue weighted by molar-refractivity contribution is 0.0787. The van der Waals surface area contributed by atoms with Gasteiger partial charge in [0.2, 0.25) is 0 Å². The molecule has 0 aliphatic carbocycles. The molecule has 0 radical (unpaired) electrons. The minimum Gasteiger partial charge on any atom is -0.356 e. The van der Waals surface area contributed by atoms with E-state index in [0.29, 0.717) is 24.3 Å². The summed E-state index contributed by atoms with van der Waals surface area (Å²) in [5.41, 5.74) is 1.05. The maximum atomic E-state index is 12.4. The molecule has 2 N–H and O–H groups in total. The molecule has 1 aromatic heterocycles. The number of carbonyl (C=O) groups is 1. The van der Waals surface area contributed by atoms with Crippen LogP contribution in [0.1, 0.15) is 28.9 Å². The van der Waals surface area contributed by atoms with E-state index < -0.39 is 10.0 Å². The van der Waals surface area contributed by atoms with E-state index in [1.165, 1.54) is 36.5 Å². The molecule has 0 spiro atoms. The van der Waals surface area contributed by atoms with Gasteiger partial charge in [0.05, 0.1) is 11.6 Å². The number of H-pyrrole nitrogens is 1. The molecule has 8 heteroatoms. The van der Waals surface area contributed by atoms with Crippen LogP contribution in [0.4, 0.5) is 5.69 Å². The van der Waals surface area contributed by atoms with Gasteiger partial charge in [0.1, 0.15) is 10.6 Å². The number of benzene rings is 1. The number of hydrogen-bond acceptors (Lipinski definition) is 4. The molecule has 1 saturated heterocycles. The van der Waals surface area contributed by atoms with Crippen molar-refractivity contribution in [1.82, 2.24) is 9.88 Å². The molecule has 1 amide bonds. The Hall–Kier alpha value is -2.79. The minimum absolute atomic E-state index is 0.00518. The number of hydrogen-bond donors (Lipinski definition) is 2. The average molecular weight is 344 g/mol. The fourth-order valence-electron chi connectivity index (χ4n) is 2.57. The first-order chi connectivity index (χ1) is 11.5. The minimum atomic E-state index is -3.80. The van der Waals surface area contributed by atoms with Crippen LogP contribution in [0.25, 0.3) is 0 Å². The van der Waals surface area contributed by atoms with E-state index in [0.717, 1.165) is 12.8 Å². The molecule has 2 heterocycles. The van der Waals surface area contributed by atoms with Crippen molar-refractivity contribution in [2.24, 2.45) is 0 Å². The van der Waals surface area contributed by atoms with Gasteiger partial charge in [-0.25, -0.2) is 8.42 Å². The number of rotatable bonds is 4. The SMILES string of the molecule is N#Cc1ccc(NS(=O)(=O)c2c[nH]c(C(=O)N3CCCC3)c2)cc1. The third-order valence-electron chi connectivity index (χ3n) is 3.86. The number of aromatic amines is 1. The first-order valence-electron chi connectivity index (χ1n) is 7.50. The summed E-state index contributed by atoms with van der Waals surface area (Å²) in [4.78, 5) is 16.7. The van der Waals surface area contributed by atoms with E-state index in [1.807, 2.05) is 6.07 Å². The van der Waals surface area contributed by atoms with Gasteiger partial charge >= 0.3 is 0 Å². The quantitative estimate of drug-likeness (QED) is 0.883. The van der Waals surface area contributed by atoms with Gasteiger partial charge in [-0.05, 0) is 43.2 Å². The lowest BCUT2D eigenvalue weighted by Gasteiger charge is -2.13. The zero-order valence-electron chi connectivity index (χ0n) is 12.8. The fraction of sp³-hybridized carbons (Fsp3) is 0.250. The van der Waals surface area contributed by atoms with E-state index >= 15 is 0 Å². The van der Waals surface area contributed by atoms with Crippen molar-refractivity contribution >= 4 is 21.6 Å². The summed E-state index contributed by atoms with van der Waals surface area (Å²) in [5, 5.41) is 8.76. The van der Waals surface area contributed by atoms with Crippen molar-refractivity contribution in [2.75, 3.05) is 17.8 Å². The van der Waals surface area contributed by atoms with Gasteiger partial charge in [0.25, 0.3) is 15.9 Å². The van der Waals surface area contributed by atoms with E-state index in [4.69, 9.17) is 5.26 Å². The molecule has 7 nitrogen and oxygen atoms in total. The molecule has 3 rings (SSSR count). The largest absolute Gasteiger partial charge is 0.356 e. The number of sulfonamides is 1. The molecule has 1 aromatic carbocycles. The Bertz CT molecular complexity index is 888. The van der Waals surface area contributed by atoms with E-state index in [9.17, 15) is 13.2 Å². The number of nitrogens with zero attached hydrogens (tertiary/aromatic N) is 2. The highest BCUT2D eigenvalue weighted by Crippen LogP contribution is 2.19. The topological polar surface area (TPSA) is 106 Å². The van der Waals surface area contributed by atoms with Crippen molar-refractivity contribution < 1.29 is 13.2 Å². The van der Waals surface area contributed by atoms with Crippen LogP contribution in [0.5, 0.6) is 0 Å². The summed E-state index contributed by atoms with van der Waals surface area (Å²) in [6, 6.07) is 9.38. The molecule has 2 aromatic rings. The number of nitriles is 1. The second-order valence-corrected chi connectivity index (χ2v) is 7.23. The number of aromatic nitrogens is 1.